The number of carbonyl (C=O) groups is 3. The van der Waals surface area contributed by atoms with Crippen molar-refractivity contribution in [1.82, 2.24) is 10.6 Å². The molecule has 2 aromatic rings. The maximum Gasteiger partial charge on any atom is 0.408 e. The van der Waals surface area contributed by atoms with E-state index >= 15 is 0 Å². The zero-order chi connectivity index (χ0) is 21.1. The number of amides is 2. The monoisotopic (exact) mass is 400 g/mol. The minimum Gasteiger partial charge on any atom is -0.463 e. The molecule has 2 atom stereocenters. The van der Waals surface area contributed by atoms with Crippen molar-refractivity contribution in [3.8, 4) is 0 Å². The van der Waals surface area contributed by atoms with Crippen LogP contribution in [-0.4, -0.2) is 42.0 Å². The Bertz CT molecular complexity index is 797. The molecule has 0 fully saturated rings. The molecule has 0 heterocycles. The molecule has 2 rings (SSSR count). The summed E-state index contributed by atoms with van der Waals surface area (Å²) in [6.07, 6.45) is -2.48. The molecule has 0 aliphatic carbocycles. The summed E-state index contributed by atoms with van der Waals surface area (Å²) in [5.74, 6) is -1.72. The van der Waals surface area contributed by atoms with E-state index in [4.69, 9.17) is 4.74 Å². The fraction of sp³-hybridized carbons (Fsp3) is 0.286. The van der Waals surface area contributed by atoms with Crippen LogP contribution in [0.25, 0.3) is 0 Å². The van der Waals surface area contributed by atoms with E-state index in [1.807, 2.05) is 24.3 Å². The lowest BCUT2D eigenvalue weighted by Crippen LogP contribution is -2.52. The second kappa shape index (κ2) is 11.5. The molecular formula is C21H24N2O6. The maximum atomic E-state index is 12.5. The van der Waals surface area contributed by atoms with Gasteiger partial charge in [0.25, 0.3) is 0 Å². The number of carbonyl (C=O) groups excluding carboxylic acids is 3. The van der Waals surface area contributed by atoms with Crippen LogP contribution in [-0.2, 0) is 32.1 Å². The van der Waals surface area contributed by atoms with Crippen molar-refractivity contribution >= 4 is 18.0 Å². The Labute approximate surface area is 168 Å². The van der Waals surface area contributed by atoms with Crippen LogP contribution in [0.3, 0.4) is 0 Å². The largest absolute Gasteiger partial charge is 0.463 e. The van der Waals surface area contributed by atoms with E-state index in [1.54, 1.807) is 43.3 Å². The number of hydrogen-bond acceptors (Lipinski definition) is 6. The van der Waals surface area contributed by atoms with Crippen LogP contribution in [0.4, 0.5) is 4.79 Å². The topological polar surface area (TPSA) is 114 Å². The third kappa shape index (κ3) is 7.63. The van der Waals surface area contributed by atoms with Gasteiger partial charge in [-0.25, -0.2) is 9.59 Å². The molecule has 0 saturated carbocycles. The van der Waals surface area contributed by atoms with Gasteiger partial charge < -0.3 is 25.2 Å². The van der Waals surface area contributed by atoms with Gasteiger partial charge in [-0.3, -0.25) is 4.79 Å². The molecule has 0 saturated heterocycles. The number of aliphatic hydroxyl groups excluding tert-OH is 1. The van der Waals surface area contributed by atoms with Gasteiger partial charge in [0.2, 0.25) is 12.1 Å². The molecule has 8 nitrogen and oxygen atoms in total. The molecule has 2 amide bonds. The Morgan fingerprint density at radius 2 is 1.48 bits per heavy atom. The average molecular weight is 400 g/mol. The second-order valence-corrected chi connectivity index (χ2v) is 6.11. The van der Waals surface area contributed by atoms with Crippen LogP contribution in [0.2, 0.25) is 0 Å². The standard InChI is InChI=1S/C21H24N2O6/c1-2-28-20(26)19(25)23-18(24)17(13-15-9-5-3-6-10-15)22-21(27)29-14-16-11-7-4-8-12-16/h3-12,17,19,25H,2,13-14H2,1H3,(H,22,27)(H,23,24)/t17-,19?/m0/s1. The van der Waals surface area contributed by atoms with Gasteiger partial charge in [-0.2, -0.15) is 0 Å². The molecule has 154 valence electrons. The summed E-state index contributed by atoms with van der Waals surface area (Å²) >= 11 is 0. The molecule has 0 radical (unpaired) electrons. The van der Waals surface area contributed by atoms with Crippen LogP contribution in [0.1, 0.15) is 18.1 Å². The van der Waals surface area contributed by atoms with E-state index in [0.717, 1.165) is 11.1 Å². The van der Waals surface area contributed by atoms with E-state index in [-0.39, 0.29) is 19.6 Å². The number of benzene rings is 2. The Hall–Kier alpha value is -3.39. The lowest BCUT2D eigenvalue weighted by molar-refractivity contribution is -0.157. The summed E-state index contributed by atoms with van der Waals surface area (Å²) in [6.45, 7) is 1.68. The number of nitrogens with one attached hydrogen (secondary N) is 2. The Balaban J connectivity index is 2.00. The molecule has 3 N–H and O–H groups in total. The lowest BCUT2D eigenvalue weighted by atomic mass is 10.1. The molecule has 1 unspecified atom stereocenters. The van der Waals surface area contributed by atoms with E-state index < -0.39 is 30.2 Å². The van der Waals surface area contributed by atoms with Crippen molar-refractivity contribution in [1.29, 1.82) is 0 Å². The Morgan fingerprint density at radius 1 is 0.897 bits per heavy atom. The zero-order valence-electron chi connectivity index (χ0n) is 16.0. The number of ether oxygens (including phenoxy) is 2. The third-order valence-electron chi connectivity index (χ3n) is 3.89. The number of alkyl carbamates (subject to hydrolysis) is 1. The first-order valence-corrected chi connectivity index (χ1v) is 9.15. The number of rotatable bonds is 9. The summed E-state index contributed by atoms with van der Waals surface area (Å²) in [4.78, 5) is 36.2. The van der Waals surface area contributed by atoms with Crippen LogP contribution in [0, 0.1) is 0 Å². The number of aliphatic hydroxyl groups is 1. The smallest absolute Gasteiger partial charge is 0.408 e. The molecule has 0 spiro atoms. The minimum absolute atomic E-state index is 0.0395. The van der Waals surface area contributed by atoms with Gasteiger partial charge in [0.15, 0.2) is 0 Å². The molecule has 0 aliphatic heterocycles. The zero-order valence-corrected chi connectivity index (χ0v) is 16.0. The van der Waals surface area contributed by atoms with Crippen LogP contribution in [0.15, 0.2) is 60.7 Å². The van der Waals surface area contributed by atoms with Gasteiger partial charge in [0.05, 0.1) is 6.61 Å². The predicted octanol–water partition coefficient (Wildman–Crippen LogP) is 1.52. The van der Waals surface area contributed by atoms with E-state index in [1.165, 1.54) is 0 Å². The molecule has 29 heavy (non-hydrogen) atoms. The predicted molar refractivity (Wildman–Crippen MR) is 104 cm³/mol. The average Bonchev–Trinajstić information content (AvgIpc) is 2.73. The molecule has 2 aromatic carbocycles. The fourth-order valence-electron chi connectivity index (χ4n) is 2.48. The van der Waals surface area contributed by atoms with Crippen molar-refractivity contribution in [3.05, 3.63) is 71.8 Å². The van der Waals surface area contributed by atoms with Crippen molar-refractivity contribution in [2.75, 3.05) is 6.61 Å². The SMILES string of the molecule is CCOC(=O)C(O)NC(=O)[C@H](Cc1ccccc1)NC(=O)OCc1ccccc1. The van der Waals surface area contributed by atoms with Crippen molar-refractivity contribution < 1.29 is 29.0 Å². The normalized spacial score (nSPS) is 12.3. The summed E-state index contributed by atoms with van der Waals surface area (Å²) in [5, 5.41) is 14.4. The molecular weight excluding hydrogens is 376 g/mol. The third-order valence-corrected chi connectivity index (χ3v) is 3.89. The van der Waals surface area contributed by atoms with Gasteiger partial charge in [0, 0.05) is 6.42 Å². The Morgan fingerprint density at radius 3 is 2.07 bits per heavy atom. The molecule has 0 aromatic heterocycles. The highest BCUT2D eigenvalue weighted by molar-refractivity contribution is 5.89. The number of hydrogen-bond donors (Lipinski definition) is 3. The van der Waals surface area contributed by atoms with E-state index in [0.29, 0.717) is 0 Å². The van der Waals surface area contributed by atoms with E-state index in [2.05, 4.69) is 15.4 Å². The van der Waals surface area contributed by atoms with Crippen molar-refractivity contribution in [2.45, 2.75) is 32.2 Å². The van der Waals surface area contributed by atoms with Crippen molar-refractivity contribution in [3.63, 3.8) is 0 Å². The summed E-state index contributed by atoms with van der Waals surface area (Å²) in [5.41, 5.74) is 1.58. The van der Waals surface area contributed by atoms with Gasteiger partial charge in [-0.15, -0.1) is 0 Å². The quantitative estimate of drug-likeness (QED) is 0.434. The highest BCUT2D eigenvalue weighted by atomic mass is 16.6. The number of esters is 1. The first-order chi connectivity index (χ1) is 14.0. The van der Waals surface area contributed by atoms with Crippen molar-refractivity contribution in [2.24, 2.45) is 0 Å². The maximum absolute atomic E-state index is 12.5. The lowest BCUT2D eigenvalue weighted by Gasteiger charge is -2.20. The second-order valence-electron chi connectivity index (χ2n) is 6.11. The minimum atomic E-state index is -1.83. The summed E-state index contributed by atoms with van der Waals surface area (Å²) in [6, 6.07) is 17.0. The summed E-state index contributed by atoms with van der Waals surface area (Å²) < 4.78 is 9.81. The Kier molecular flexibility index (Phi) is 8.65. The van der Waals surface area contributed by atoms with Crippen LogP contribution < -0.4 is 10.6 Å². The highest BCUT2D eigenvalue weighted by Crippen LogP contribution is 2.06. The van der Waals surface area contributed by atoms with Gasteiger partial charge in [-0.1, -0.05) is 60.7 Å². The van der Waals surface area contributed by atoms with Gasteiger partial charge in [0.1, 0.15) is 12.6 Å². The fourth-order valence-corrected chi connectivity index (χ4v) is 2.48. The first kappa shape index (κ1) is 21.9. The summed E-state index contributed by atoms with van der Waals surface area (Å²) in [7, 11) is 0. The van der Waals surface area contributed by atoms with Gasteiger partial charge in [-0.05, 0) is 18.1 Å². The molecule has 0 bridgehead atoms. The van der Waals surface area contributed by atoms with Crippen LogP contribution >= 0.6 is 0 Å². The van der Waals surface area contributed by atoms with E-state index in [9.17, 15) is 19.5 Å². The van der Waals surface area contributed by atoms with Crippen LogP contribution in [0.5, 0.6) is 0 Å². The first-order valence-electron chi connectivity index (χ1n) is 9.15. The molecule has 0 aliphatic rings. The highest BCUT2D eigenvalue weighted by Gasteiger charge is 2.26. The molecule has 8 heteroatoms. The van der Waals surface area contributed by atoms with Gasteiger partial charge >= 0.3 is 12.1 Å².